The van der Waals surface area contributed by atoms with E-state index in [0.29, 0.717) is 11.4 Å². The second-order valence-electron chi connectivity index (χ2n) is 6.06. The van der Waals surface area contributed by atoms with Crippen LogP contribution in [-0.4, -0.2) is 15.1 Å². The third-order valence-electron chi connectivity index (χ3n) is 3.32. The molecule has 0 bridgehead atoms. The minimum Gasteiger partial charge on any atom is -0.334 e. The number of rotatable bonds is 3. The Morgan fingerprint density at radius 1 is 1.38 bits per heavy atom. The summed E-state index contributed by atoms with van der Waals surface area (Å²) in [6, 6.07) is 4.14. The minimum atomic E-state index is -0.457. The monoisotopic (exact) mass is 290 g/mol. The van der Waals surface area contributed by atoms with Crippen molar-refractivity contribution in [3.63, 3.8) is 0 Å². The van der Waals surface area contributed by atoms with Crippen molar-refractivity contribution in [1.29, 1.82) is 0 Å². The molecule has 0 radical (unpaired) electrons. The number of aromatic nitrogens is 2. The Morgan fingerprint density at radius 3 is 2.62 bits per heavy atom. The Hall–Kier alpha value is -2.28. The summed E-state index contributed by atoms with van der Waals surface area (Å²) >= 11 is 0. The fourth-order valence-corrected chi connectivity index (χ4v) is 1.81. The number of non-ortho nitro benzene ring substituents is 1. The van der Waals surface area contributed by atoms with E-state index in [-0.39, 0.29) is 23.0 Å². The molecule has 2 aromatic rings. The minimum absolute atomic E-state index is 0.0181. The summed E-state index contributed by atoms with van der Waals surface area (Å²) in [6.07, 6.45) is 0. The topological polar surface area (TPSA) is 108 Å². The van der Waals surface area contributed by atoms with Gasteiger partial charge in [0.1, 0.15) is 0 Å². The summed E-state index contributed by atoms with van der Waals surface area (Å²) in [5.74, 6) is 0.634. The number of aryl methyl sites for hydroxylation is 1. The van der Waals surface area contributed by atoms with Gasteiger partial charge in [0.2, 0.25) is 0 Å². The van der Waals surface area contributed by atoms with Gasteiger partial charge in [0.25, 0.3) is 11.6 Å². The van der Waals surface area contributed by atoms with Gasteiger partial charge in [-0.25, -0.2) is 0 Å². The van der Waals surface area contributed by atoms with Crippen LogP contribution in [0.4, 0.5) is 5.69 Å². The van der Waals surface area contributed by atoms with Crippen molar-refractivity contribution in [2.75, 3.05) is 0 Å². The third kappa shape index (κ3) is 3.08. The van der Waals surface area contributed by atoms with Gasteiger partial charge in [0.15, 0.2) is 5.82 Å². The molecule has 1 aromatic heterocycles. The van der Waals surface area contributed by atoms with Crippen LogP contribution >= 0.6 is 0 Å². The smallest absolute Gasteiger partial charge is 0.270 e. The van der Waals surface area contributed by atoms with E-state index in [1.54, 1.807) is 6.07 Å². The van der Waals surface area contributed by atoms with E-state index in [9.17, 15) is 10.1 Å². The largest absolute Gasteiger partial charge is 0.334 e. The van der Waals surface area contributed by atoms with Gasteiger partial charge in [0.05, 0.1) is 11.0 Å². The highest BCUT2D eigenvalue weighted by Crippen LogP contribution is 2.31. The van der Waals surface area contributed by atoms with Crippen LogP contribution < -0.4 is 5.73 Å². The summed E-state index contributed by atoms with van der Waals surface area (Å²) in [6.45, 7) is 7.76. The average molecular weight is 290 g/mol. The van der Waals surface area contributed by atoms with Gasteiger partial charge in [-0.2, -0.15) is 4.98 Å². The fraction of sp³-hybridized carbons (Fsp3) is 0.429. The van der Waals surface area contributed by atoms with Gasteiger partial charge in [-0.15, -0.1) is 0 Å². The lowest BCUT2D eigenvalue weighted by molar-refractivity contribution is -0.384. The van der Waals surface area contributed by atoms with Crippen LogP contribution in [0.5, 0.6) is 0 Å². The van der Waals surface area contributed by atoms with Crippen molar-refractivity contribution < 1.29 is 9.45 Å². The Labute approximate surface area is 122 Å². The third-order valence-corrected chi connectivity index (χ3v) is 3.32. The maximum atomic E-state index is 10.9. The quantitative estimate of drug-likeness (QED) is 0.687. The van der Waals surface area contributed by atoms with E-state index in [1.807, 2.05) is 27.7 Å². The van der Waals surface area contributed by atoms with Crippen LogP contribution in [0, 0.1) is 22.5 Å². The molecule has 1 unspecified atom stereocenters. The molecule has 0 aliphatic carbocycles. The van der Waals surface area contributed by atoms with Gasteiger partial charge in [-0.1, -0.05) is 32.0 Å². The number of nitro benzene ring substituents is 1. The first-order valence-corrected chi connectivity index (χ1v) is 6.54. The molecule has 1 atom stereocenters. The first kappa shape index (κ1) is 15.1. The SMILES string of the molecule is Cc1ccc([N+](=O)[O-])cc1-c1nc(C(N)C(C)(C)C)no1. The molecule has 2 N–H and O–H groups in total. The molecular formula is C14H18N4O3. The van der Waals surface area contributed by atoms with Gasteiger partial charge in [0, 0.05) is 17.7 Å². The molecule has 0 saturated carbocycles. The van der Waals surface area contributed by atoms with E-state index >= 15 is 0 Å². The van der Waals surface area contributed by atoms with Crippen LogP contribution in [0.1, 0.15) is 38.2 Å². The molecule has 0 fully saturated rings. The molecule has 7 heteroatoms. The number of nitrogens with two attached hydrogens (primary N) is 1. The molecule has 2 rings (SSSR count). The highest BCUT2D eigenvalue weighted by atomic mass is 16.6. The number of nitrogens with zero attached hydrogens (tertiary/aromatic N) is 3. The molecule has 21 heavy (non-hydrogen) atoms. The Kier molecular flexibility index (Phi) is 3.78. The molecule has 0 spiro atoms. The zero-order valence-electron chi connectivity index (χ0n) is 12.5. The van der Waals surface area contributed by atoms with E-state index < -0.39 is 4.92 Å². The zero-order chi connectivity index (χ0) is 15.8. The molecular weight excluding hydrogens is 272 g/mol. The highest BCUT2D eigenvalue weighted by molar-refractivity contribution is 5.62. The van der Waals surface area contributed by atoms with Crippen LogP contribution in [0.15, 0.2) is 22.7 Å². The second kappa shape index (κ2) is 5.25. The molecule has 0 aliphatic rings. The van der Waals surface area contributed by atoms with Crippen LogP contribution in [-0.2, 0) is 0 Å². The van der Waals surface area contributed by atoms with Gasteiger partial charge in [-0.3, -0.25) is 10.1 Å². The Balaban J connectivity index is 2.42. The van der Waals surface area contributed by atoms with E-state index in [0.717, 1.165) is 5.56 Å². The summed E-state index contributed by atoms with van der Waals surface area (Å²) in [5.41, 5.74) is 7.22. The van der Waals surface area contributed by atoms with Crippen LogP contribution in [0.25, 0.3) is 11.5 Å². The van der Waals surface area contributed by atoms with Crippen molar-refractivity contribution in [3.05, 3.63) is 39.7 Å². The normalized spacial score (nSPS) is 13.2. The van der Waals surface area contributed by atoms with Crippen molar-refractivity contribution in [2.24, 2.45) is 11.1 Å². The predicted molar refractivity (Wildman–Crippen MR) is 77.5 cm³/mol. The number of hydrogen-bond donors (Lipinski definition) is 1. The summed E-state index contributed by atoms with van der Waals surface area (Å²) in [5, 5.41) is 14.8. The van der Waals surface area contributed by atoms with E-state index in [1.165, 1.54) is 12.1 Å². The number of hydrogen-bond acceptors (Lipinski definition) is 6. The second-order valence-corrected chi connectivity index (χ2v) is 6.06. The van der Waals surface area contributed by atoms with Crippen molar-refractivity contribution in [3.8, 4) is 11.5 Å². The predicted octanol–water partition coefficient (Wildman–Crippen LogP) is 3.00. The Bertz CT molecular complexity index is 673. The summed E-state index contributed by atoms with van der Waals surface area (Å²) in [7, 11) is 0. The molecule has 0 saturated heterocycles. The summed E-state index contributed by atoms with van der Waals surface area (Å²) in [4.78, 5) is 14.7. The van der Waals surface area contributed by atoms with Crippen molar-refractivity contribution in [2.45, 2.75) is 33.7 Å². The molecule has 1 aromatic carbocycles. The molecule has 0 aliphatic heterocycles. The van der Waals surface area contributed by atoms with E-state index in [2.05, 4.69) is 10.1 Å². The average Bonchev–Trinajstić information content (AvgIpc) is 2.86. The zero-order valence-corrected chi connectivity index (χ0v) is 12.5. The maximum Gasteiger partial charge on any atom is 0.270 e. The van der Waals surface area contributed by atoms with Gasteiger partial charge in [-0.05, 0) is 17.9 Å². The lowest BCUT2D eigenvalue weighted by atomic mass is 9.87. The first-order valence-electron chi connectivity index (χ1n) is 6.54. The van der Waals surface area contributed by atoms with Crippen molar-refractivity contribution in [1.82, 2.24) is 10.1 Å². The lowest BCUT2D eigenvalue weighted by Gasteiger charge is -2.23. The lowest BCUT2D eigenvalue weighted by Crippen LogP contribution is -2.27. The first-order chi connectivity index (χ1) is 9.70. The van der Waals surface area contributed by atoms with Crippen LogP contribution in [0.2, 0.25) is 0 Å². The maximum absolute atomic E-state index is 10.9. The summed E-state index contributed by atoms with van der Waals surface area (Å²) < 4.78 is 5.22. The highest BCUT2D eigenvalue weighted by Gasteiger charge is 2.27. The Morgan fingerprint density at radius 2 is 2.05 bits per heavy atom. The molecule has 0 amide bonds. The van der Waals surface area contributed by atoms with Gasteiger partial charge < -0.3 is 10.3 Å². The fourth-order valence-electron chi connectivity index (χ4n) is 1.81. The molecule has 112 valence electrons. The number of benzene rings is 1. The molecule has 7 nitrogen and oxygen atoms in total. The van der Waals surface area contributed by atoms with Crippen molar-refractivity contribution >= 4 is 5.69 Å². The number of nitro groups is 1. The standard InChI is InChI=1S/C14H18N4O3/c1-8-5-6-9(18(19)20)7-10(8)13-16-12(17-21-13)11(15)14(2,3)4/h5-7,11H,15H2,1-4H3. The van der Waals surface area contributed by atoms with Crippen LogP contribution in [0.3, 0.4) is 0 Å². The van der Waals surface area contributed by atoms with Gasteiger partial charge >= 0.3 is 0 Å². The molecule has 1 heterocycles. The van der Waals surface area contributed by atoms with E-state index in [4.69, 9.17) is 10.3 Å².